The van der Waals surface area contributed by atoms with Crippen LogP contribution in [0.25, 0.3) is 0 Å². The van der Waals surface area contributed by atoms with Crippen molar-refractivity contribution in [2.45, 2.75) is 18.9 Å². The summed E-state index contributed by atoms with van der Waals surface area (Å²) in [6.07, 6.45) is 3.18. The van der Waals surface area contributed by atoms with E-state index in [9.17, 15) is 9.59 Å². The second-order valence-electron chi connectivity index (χ2n) is 5.50. The molecule has 2 rings (SSSR count). The van der Waals surface area contributed by atoms with Crippen LogP contribution in [0.15, 0.2) is 17.2 Å². The standard InChI is InChI=1S/C17H23N3O6/c1-23-13-7-11(8-14(24-2)15(13)25-3)9-19-20-17(22)16(21)18-10-12-5-4-6-26-12/h7-9,12H,4-6,10H2,1-3H3,(H,18,21)(H,20,22)/b19-9-/t12-/m1/s1. The molecule has 1 atom stereocenters. The molecule has 0 unspecified atom stereocenters. The van der Waals surface area contributed by atoms with Crippen LogP contribution >= 0.6 is 0 Å². The van der Waals surface area contributed by atoms with Crippen LogP contribution in [-0.2, 0) is 14.3 Å². The molecular formula is C17H23N3O6. The molecule has 0 bridgehead atoms. The van der Waals surface area contributed by atoms with E-state index in [2.05, 4.69) is 15.8 Å². The number of hydrogen-bond acceptors (Lipinski definition) is 7. The molecule has 2 N–H and O–H groups in total. The fourth-order valence-electron chi connectivity index (χ4n) is 2.48. The second kappa shape index (κ2) is 9.62. The van der Waals surface area contributed by atoms with E-state index in [1.807, 2.05) is 0 Å². The van der Waals surface area contributed by atoms with Crippen LogP contribution in [0.2, 0.25) is 0 Å². The van der Waals surface area contributed by atoms with Gasteiger partial charge in [-0.2, -0.15) is 5.10 Å². The monoisotopic (exact) mass is 365 g/mol. The van der Waals surface area contributed by atoms with Crippen molar-refractivity contribution in [3.05, 3.63) is 17.7 Å². The van der Waals surface area contributed by atoms with E-state index in [0.717, 1.165) is 12.8 Å². The number of ether oxygens (including phenoxy) is 4. The summed E-state index contributed by atoms with van der Waals surface area (Å²) >= 11 is 0. The largest absolute Gasteiger partial charge is 0.493 e. The van der Waals surface area contributed by atoms with Crippen molar-refractivity contribution in [2.75, 3.05) is 34.5 Å². The molecule has 2 amide bonds. The van der Waals surface area contributed by atoms with Crippen LogP contribution in [0.4, 0.5) is 0 Å². The molecule has 1 aliphatic heterocycles. The van der Waals surface area contributed by atoms with Crippen molar-refractivity contribution in [3.63, 3.8) is 0 Å². The zero-order chi connectivity index (χ0) is 18.9. The Hall–Kier alpha value is -2.81. The van der Waals surface area contributed by atoms with E-state index in [4.69, 9.17) is 18.9 Å². The third kappa shape index (κ3) is 5.09. The van der Waals surface area contributed by atoms with Crippen molar-refractivity contribution in [1.82, 2.24) is 10.7 Å². The van der Waals surface area contributed by atoms with Crippen LogP contribution < -0.4 is 25.0 Å². The molecule has 26 heavy (non-hydrogen) atoms. The van der Waals surface area contributed by atoms with Gasteiger partial charge in [0.25, 0.3) is 0 Å². The Bertz CT molecular complexity index is 645. The summed E-state index contributed by atoms with van der Waals surface area (Å²) in [5.74, 6) is -0.262. The summed E-state index contributed by atoms with van der Waals surface area (Å²) in [7, 11) is 4.50. The Morgan fingerprint density at radius 2 is 1.88 bits per heavy atom. The Morgan fingerprint density at radius 1 is 1.19 bits per heavy atom. The molecule has 9 heteroatoms. The topological polar surface area (TPSA) is 107 Å². The number of carbonyl (C=O) groups excluding carboxylic acids is 2. The number of nitrogens with zero attached hydrogens (tertiary/aromatic N) is 1. The van der Waals surface area contributed by atoms with Gasteiger partial charge < -0.3 is 24.3 Å². The lowest BCUT2D eigenvalue weighted by Gasteiger charge is -2.12. The smallest absolute Gasteiger partial charge is 0.329 e. The van der Waals surface area contributed by atoms with Gasteiger partial charge in [0.05, 0.1) is 33.6 Å². The maximum atomic E-state index is 11.7. The molecule has 0 aromatic heterocycles. The summed E-state index contributed by atoms with van der Waals surface area (Å²) in [5.41, 5.74) is 2.77. The maximum absolute atomic E-state index is 11.7. The summed E-state index contributed by atoms with van der Waals surface area (Å²) in [4.78, 5) is 23.5. The van der Waals surface area contributed by atoms with Crippen LogP contribution in [0.3, 0.4) is 0 Å². The van der Waals surface area contributed by atoms with Gasteiger partial charge in [0, 0.05) is 18.7 Å². The predicted molar refractivity (Wildman–Crippen MR) is 93.8 cm³/mol. The van der Waals surface area contributed by atoms with Gasteiger partial charge in [-0.05, 0) is 25.0 Å². The fourth-order valence-corrected chi connectivity index (χ4v) is 2.48. The van der Waals surface area contributed by atoms with Gasteiger partial charge in [0.15, 0.2) is 11.5 Å². The van der Waals surface area contributed by atoms with E-state index >= 15 is 0 Å². The highest BCUT2D eigenvalue weighted by molar-refractivity contribution is 6.35. The second-order valence-corrected chi connectivity index (χ2v) is 5.50. The number of benzene rings is 1. The van der Waals surface area contributed by atoms with E-state index in [0.29, 0.717) is 36.0 Å². The minimum absolute atomic E-state index is 0.0329. The molecule has 0 aliphatic carbocycles. The molecule has 1 fully saturated rings. The van der Waals surface area contributed by atoms with Gasteiger partial charge in [0.1, 0.15) is 0 Å². The Kier molecular flexibility index (Phi) is 7.22. The van der Waals surface area contributed by atoms with Gasteiger partial charge in [-0.25, -0.2) is 5.43 Å². The number of rotatable bonds is 7. The minimum Gasteiger partial charge on any atom is -0.493 e. The third-order valence-corrected chi connectivity index (χ3v) is 3.79. The van der Waals surface area contributed by atoms with Crippen LogP contribution in [0.1, 0.15) is 18.4 Å². The Labute approximate surface area is 151 Å². The quantitative estimate of drug-likeness (QED) is 0.413. The molecule has 1 saturated heterocycles. The van der Waals surface area contributed by atoms with Crippen LogP contribution in [0.5, 0.6) is 17.2 Å². The zero-order valence-electron chi connectivity index (χ0n) is 15.0. The first-order valence-electron chi connectivity index (χ1n) is 8.11. The summed E-state index contributed by atoms with van der Waals surface area (Å²) in [5, 5.41) is 6.30. The van der Waals surface area contributed by atoms with Gasteiger partial charge in [0.2, 0.25) is 5.75 Å². The molecule has 1 heterocycles. The van der Waals surface area contributed by atoms with Crippen molar-refractivity contribution >= 4 is 18.0 Å². The summed E-state index contributed by atoms with van der Waals surface area (Å²) < 4.78 is 21.1. The lowest BCUT2D eigenvalue weighted by Crippen LogP contribution is -2.41. The van der Waals surface area contributed by atoms with E-state index in [1.165, 1.54) is 27.5 Å². The molecule has 1 aromatic carbocycles. The molecule has 0 saturated carbocycles. The maximum Gasteiger partial charge on any atom is 0.329 e. The Balaban J connectivity index is 1.92. The first-order chi connectivity index (χ1) is 12.6. The van der Waals surface area contributed by atoms with Crippen molar-refractivity contribution in [1.29, 1.82) is 0 Å². The first-order valence-corrected chi connectivity index (χ1v) is 8.11. The number of amides is 2. The summed E-state index contributed by atoms with van der Waals surface area (Å²) in [6.45, 7) is 0.995. The molecule has 1 aliphatic rings. The third-order valence-electron chi connectivity index (χ3n) is 3.79. The van der Waals surface area contributed by atoms with Crippen LogP contribution in [-0.4, -0.2) is 58.6 Å². The average molecular weight is 365 g/mol. The fraction of sp³-hybridized carbons (Fsp3) is 0.471. The average Bonchev–Trinajstić information content (AvgIpc) is 3.18. The summed E-state index contributed by atoms with van der Waals surface area (Å²) in [6, 6.07) is 3.32. The lowest BCUT2D eigenvalue weighted by molar-refractivity contribution is -0.139. The van der Waals surface area contributed by atoms with Crippen molar-refractivity contribution in [2.24, 2.45) is 5.10 Å². The van der Waals surface area contributed by atoms with Gasteiger partial charge in [-0.15, -0.1) is 0 Å². The minimum atomic E-state index is -0.855. The number of hydrazone groups is 1. The molecule has 1 aromatic rings. The van der Waals surface area contributed by atoms with Gasteiger partial charge >= 0.3 is 11.8 Å². The van der Waals surface area contributed by atoms with E-state index in [-0.39, 0.29) is 6.10 Å². The van der Waals surface area contributed by atoms with Gasteiger partial charge in [-0.3, -0.25) is 9.59 Å². The SMILES string of the molecule is COc1cc(/C=N\NC(=O)C(=O)NC[C@H]2CCCO2)cc(OC)c1OC. The van der Waals surface area contributed by atoms with Gasteiger partial charge in [-0.1, -0.05) is 0 Å². The van der Waals surface area contributed by atoms with E-state index in [1.54, 1.807) is 12.1 Å². The number of hydrogen-bond donors (Lipinski definition) is 2. The zero-order valence-corrected chi connectivity index (χ0v) is 15.0. The number of carbonyl (C=O) groups is 2. The number of methoxy groups -OCH3 is 3. The number of nitrogens with one attached hydrogen (secondary N) is 2. The highest BCUT2D eigenvalue weighted by atomic mass is 16.5. The molecule has 0 radical (unpaired) electrons. The van der Waals surface area contributed by atoms with Crippen LogP contribution in [0, 0.1) is 0 Å². The molecule has 9 nitrogen and oxygen atoms in total. The van der Waals surface area contributed by atoms with E-state index < -0.39 is 11.8 Å². The predicted octanol–water partition coefficient (Wildman–Crippen LogP) is 0.458. The first kappa shape index (κ1) is 19.5. The highest BCUT2D eigenvalue weighted by Crippen LogP contribution is 2.37. The Morgan fingerprint density at radius 3 is 2.42 bits per heavy atom. The van der Waals surface area contributed by atoms with Crippen molar-refractivity contribution < 1.29 is 28.5 Å². The molecular weight excluding hydrogens is 342 g/mol. The molecule has 142 valence electrons. The van der Waals surface area contributed by atoms with Crippen molar-refractivity contribution in [3.8, 4) is 17.2 Å². The molecule has 0 spiro atoms. The normalized spacial score (nSPS) is 16.3. The highest BCUT2D eigenvalue weighted by Gasteiger charge is 2.19. The lowest BCUT2D eigenvalue weighted by atomic mass is 10.2.